The van der Waals surface area contributed by atoms with Crippen LogP contribution in [-0.4, -0.2) is 23.6 Å². The monoisotopic (exact) mass is 260 g/mol. The van der Waals surface area contributed by atoms with Gasteiger partial charge >= 0.3 is 0 Å². The van der Waals surface area contributed by atoms with Crippen molar-refractivity contribution in [3.63, 3.8) is 0 Å². The highest BCUT2D eigenvalue weighted by molar-refractivity contribution is 5.62. The third-order valence-corrected chi connectivity index (χ3v) is 2.53. The van der Waals surface area contributed by atoms with E-state index in [9.17, 15) is 8.78 Å². The van der Waals surface area contributed by atoms with Crippen molar-refractivity contribution in [2.75, 3.05) is 18.5 Å². The first-order chi connectivity index (χ1) is 9.11. The summed E-state index contributed by atoms with van der Waals surface area (Å²) >= 11 is 0. The minimum atomic E-state index is -0.539. The fourth-order valence-corrected chi connectivity index (χ4v) is 1.55. The van der Waals surface area contributed by atoms with E-state index in [0.29, 0.717) is 11.5 Å². The summed E-state index contributed by atoms with van der Waals surface area (Å²) in [6.07, 6.45) is 2.79. The Labute approximate surface area is 109 Å². The molecule has 1 aromatic heterocycles. The van der Waals surface area contributed by atoms with Gasteiger partial charge in [0.1, 0.15) is 18.2 Å². The number of rotatable bonds is 3. The molecule has 0 atom stereocenters. The van der Waals surface area contributed by atoms with E-state index < -0.39 is 11.6 Å². The Kier molecular flexibility index (Phi) is 3.66. The number of benzene rings is 1. The zero-order chi connectivity index (χ0) is 13.8. The minimum Gasteiger partial charge on any atom is -0.331 e. The number of aromatic nitrogens is 2. The van der Waals surface area contributed by atoms with Gasteiger partial charge in [-0.15, -0.1) is 0 Å². The molecular weight excluding hydrogens is 250 g/mol. The highest BCUT2D eigenvalue weighted by atomic mass is 19.1. The first-order valence-corrected chi connectivity index (χ1v) is 5.47. The number of hydrogen-bond acceptors (Lipinski definition) is 4. The number of halogens is 2. The molecule has 0 bridgehead atoms. The van der Waals surface area contributed by atoms with Crippen molar-refractivity contribution >= 4 is 5.95 Å². The van der Waals surface area contributed by atoms with Crippen molar-refractivity contribution in [2.24, 2.45) is 0 Å². The lowest BCUT2D eigenvalue weighted by molar-refractivity contribution is 0.603. The van der Waals surface area contributed by atoms with Crippen LogP contribution in [0.4, 0.5) is 14.7 Å². The summed E-state index contributed by atoms with van der Waals surface area (Å²) in [6, 6.07) is 5.16. The van der Waals surface area contributed by atoms with Gasteiger partial charge in [0.25, 0.3) is 0 Å². The topological polar surface area (TPSA) is 52.8 Å². The molecule has 0 aliphatic heterocycles. The molecule has 0 aliphatic rings. The fourth-order valence-electron chi connectivity index (χ4n) is 1.55. The summed E-state index contributed by atoms with van der Waals surface area (Å²) < 4.78 is 26.6. The summed E-state index contributed by atoms with van der Waals surface area (Å²) in [4.78, 5) is 9.59. The molecule has 2 rings (SSSR count). The van der Waals surface area contributed by atoms with Crippen molar-refractivity contribution in [1.29, 1.82) is 5.26 Å². The van der Waals surface area contributed by atoms with Crippen LogP contribution in [0.5, 0.6) is 0 Å². The van der Waals surface area contributed by atoms with Gasteiger partial charge in [0.05, 0.1) is 6.07 Å². The summed E-state index contributed by atoms with van der Waals surface area (Å²) in [5.41, 5.74) is 0.487. The smallest absolute Gasteiger partial charge is 0.225 e. The average molecular weight is 260 g/mol. The Balaban J connectivity index is 2.33. The molecule has 6 heteroatoms. The van der Waals surface area contributed by atoms with Crippen LogP contribution in [0.3, 0.4) is 0 Å². The highest BCUT2D eigenvalue weighted by Crippen LogP contribution is 2.23. The standard InChI is InChI=1S/C13H10F2N4/c1-19(5-4-16)13-17-7-9(8-18-13)11-6-10(14)2-3-12(11)15/h2-3,6-8H,5H2,1H3. The van der Waals surface area contributed by atoms with E-state index in [4.69, 9.17) is 5.26 Å². The lowest BCUT2D eigenvalue weighted by Crippen LogP contribution is -2.19. The second-order valence-electron chi connectivity index (χ2n) is 3.91. The van der Waals surface area contributed by atoms with Crippen LogP contribution >= 0.6 is 0 Å². The van der Waals surface area contributed by atoms with Gasteiger partial charge in [0, 0.05) is 30.6 Å². The maximum absolute atomic E-state index is 13.6. The molecule has 96 valence electrons. The van der Waals surface area contributed by atoms with Gasteiger partial charge in [-0.3, -0.25) is 0 Å². The van der Waals surface area contributed by atoms with E-state index in [1.165, 1.54) is 12.4 Å². The van der Waals surface area contributed by atoms with Crippen LogP contribution in [0.15, 0.2) is 30.6 Å². The van der Waals surface area contributed by atoms with Crippen molar-refractivity contribution in [3.05, 3.63) is 42.2 Å². The number of hydrogen-bond donors (Lipinski definition) is 0. The molecule has 1 heterocycles. The third-order valence-electron chi connectivity index (χ3n) is 2.53. The number of nitrogens with zero attached hydrogens (tertiary/aromatic N) is 4. The molecule has 0 amide bonds. The van der Waals surface area contributed by atoms with Gasteiger partial charge in [-0.25, -0.2) is 18.7 Å². The molecule has 2 aromatic rings. The molecule has 0 radical (unpaired) electrons. The molecule has 1 aromatic carbocycles. The Morgan fingerprint density at radius 3 is 2.58 bits per heavy atom. The van der Waals surface area contributed by atoms with Gasteiger partial charge in [-0.1, -0.05) is 0 Å². The predicted octanol–water partition coefficient (Wildman–Crippen LogP) is 2.38. The van der Waals surface area contributed by atoms with Crippen LogP contribution in [0.2, 0.25) is 0 Å². The zero-order valence-corrected chi connectivity index (χ0v) is 10.1. The number of anilines is 1. The highest BCUT2D eigenvalue weighted by Gasteiger charge is 2.09. The second kappa shape index (κ2) is 5.40. The molecule has 0 aliphatic carbocycles. The Morgan fingerprint density at radius 1 is 1.26 bits per heavy atom. The number of nitriles is 1. The van der Waals surface area contributed by atoms with Crippen molar-refractivity contribution in [1.82, 2.24) is 9.97 Å². The van der Waals surface area contributed by atoms with Gasteiger partial charge in [-0.2, -0.15) is 5.26 Å². The summed E-state index contributed by atoms with van der Waals surface area (Å²) in [7, 11) is 1.67. The van der Waals surface area contributed by atoms with Crippen LogP contribution in [-0.2, 0) is 0 Å². The summed E-state index contributed by atoms with van der Waals surface area (Å²) in [5, 5.41) is 8.56. The predicted molar refractivity (Wildman–Crippen MR) is 66.3 cm³/mol. The maximum atomic E-state index is 13.6. The molecule has 0 spiro atoms. The fraction of sp³-hybridized carbons (Fsp3) is 0.154. The average Bonchev–Trinajstić information content (AvgIpc) is 2.42. The van der Waals surface area contributed by atoms with E-state index in [-0.39, 0.29) is 12.1 Å². The van der Waals surface area contributed by atoms with E-state index in [1.54, 1.807) is 11.9 Å². The molecular formula is C13H10F2N4. The zero-order valence-electron chi connectivity index (χ0n) is 10.1. The summed E-state index contributed by atoms with van der Waals surface area (Å²) in [5.74, 6) is -0.715. The van der Waals surface area contributed by atoms with Gasteiger partial charge in [0.2, 0.25) is 5.95 Å². The van der Waals surface area contributed by atoms with Crippen molar-refractivity contribution < 1.29 is 8.78 Å². The molecule has 19 heavy (non-hydrogen) atoms. The SMILES string of the molecule is CN(CC#N)c1ncc(-c2cc(F)ccc2F)cn1. The Hall–Kier alpha value is -2.55. The lowest BCUT2D eigenvalue weighted by atomic mass is 10.1. The largest absolute Gasteiger partial charge is 0.331 e. The van der Waals surface area contributed by atoms with Crippen LogP contribution in [0, 0.1) is 23.0 Å². The van der Waals surface area contributed by atoms with Crippen LogP contribution < -0.4 is 4.90 Å². The van der Waals surface area contributed by atoms with Gasteiger partial charge in [0.15, 0.2) is 0 Å². The van der Waals surface area contributed by atoms with Crippen molar-refractivity contribution in [2.45, 2.75) is 0 Å². The molecule has 4 nitrogen and oxygen atoms in total. The van der Waals surface area contributed by atoms with E-state index in [2.05, 4.69) is 9.97 Å². The second-order valence-corrected chi connectivity index (χ2v) is 3.91. The Bertz CT molecular complexity index is 620. The maximum Gasteiger partial charge on any atom is 0.225 e. The van der Waals surface area contributed by atoms with E-state index >= 15 is 0 Å². The van der Waals surface area contributed by atoms with Crippen molar-refractivity contribution in [3.8, 4) is 17.2 Å². The molecule has 0 fully saturated rings. The van der Waals surface area contributed by atoms with Gasteiger partial charge in [-0.05, 0) is 18.2 Å². The van der Waals surface area contributed by atoms with Gasteiger partial charge < -0.3 is 4.90 Å². The first-order valence-electron chi connectivity index (χ1n) is 5.47. The quantitative estimate of drug-likeness (QED) is 0.795. The molecule has 0 saturated heterocycles. The summed E-state index contributed by atoms with van der Waals surface area (Å²) in [6.45, 7) is 0.147. The molecule has 0 unspecified atom stereocenters. The Morgan fingerprint density at radius 2 is 1.95 bits per heavy atom. The molecule has 0 N–H and O–H groups in total. The van der Waals surface area contributed by atoms with E-state index in [1.807, 2.05) is 6.07 Å². The minimum absolute atomic E-state index is 0.106. The normalized spacial score (nSPS) is 10.0. The third kappa shape index (κ3) is 2.83. The first kappa shape index (κ1) is 12.9. The van der Waals surface area contributed by atoms with E-state index in [0.717, 1.165) is 18.2 Å². The molecule has 0 saturated carbocycles. The van der Waals surface area contributed by atoms with Crippen LogP contribution in [0.1, 0.15) is 0 Å². The lowest BCUT2D eigenvalue weighted by Gasteiger charge is -2.12. The van der Waals surface area contributed by atoms with Crippen LogP contribution in [0.25, 0.3) is 11.1 Å².